The van der Waals surface area contributed by atoms with Crippen LogP contribution in [0.3, 0.4) is 0 Å². The van der Waals surface area contributed by atoms with E-state index in [1.807, 2.05) is 0 Å². The minimum Gasteiger partial charge on any atom is -0.364 e. The molecule has 0 saturated carbocycles. The highest BCUT2D eigenvalue weighted by atomic mass is 19.1. The Kier molecular flexibility index (Phi) is 4.87. The first-order valence-corrected chi connectivity index (χ1v) is 9.40. The smallest absolute Gasteiger partial charge is 0.272 e. The fourth-order valence-electron chi connectivity index (χ4n) is 3.71. The van der Waals surface area contributed by atoms with Crippen molar-refractivity contribution in [3.8, 4) is 11.3 Å². The summed E-state index contributed by atoms with van der Waals surface area (Å²) in [5.41, 5.74) is 7.90. The first-order valence-electron chi connectivity index (χ1n) is 9.40. The van der Waals surface area contributed by atoms with Gasteiger partial charge in [0.25, 0.3) is 11.8 Å². The molecule has 2 amide bonds. The van der Waals surface area contributed by atoms with E-state index in [2.05, 4.69) is 15.3 Å². The van der Waals surface area contributed by atoms with Crippen LogP contribution >= 0.6 is 0 Å². The minimum absolute atomic E-state index is 0.150. The number of aromatic amines is 1. The number of nitrogens with one attached hydrogen (secondary N) is 1. The lowest BCUT2D eigenvalue weighted by Crippen LogP contribution is -2.39. The first kappa shape index (κ1) is 18.9. The maximum Gasteiger partial charge on any atom is 0.272 e. The fraction of sp³-hybridized carbons (Fsp3) is 0.300. The van der Waals surface area contributed by atoms with E-state index >= 15 is 0 Å². The standard InChI is InChI=1S/C20H21FN6O2/c1-26-18(11-14(25-26)12-5-7-13(21)8-6-12)20(29)27-9-3-2-4-17(27)15-10-16(19(22)28)24-23-15/h5-8,10-11,17H,2-4,9H2,1H3,(H2,22,28)(H,23,24). The topological polar surface area (TPSA) is 110 Å². The predicted octanol–water partition coefficient (Wildman–Crippen LogP) is 2.42. The predicted molar refractivity (Wildman–Crippen MR) is 103 cm³/mol. The number of piperidine rings is 1. The van der Waals surface area contributed by atoms with Crippen molar-refractivity contribution in [2.45, 2.75) is 25.3 Å². The number of hydrogen-bond donors (Lipinski definition) is 2. The van der Waals surface area contributed by atoms with Crippen LogP contribution in [-0.2, 0) is 7.05 Å². The van der Waals surface area contributed by atoms with E-state index in [-0.39, 0.29) is 23.5 Å². The number of nitrogens with zero attached hydrogens (tertiary/aromatic N) is 4. The van der Waals surface area contributed by atoms with Crippen molar-refractivity contribution in [2.75, 3.05) is 6.54 Å². The third-order valence-corrected chi connectivity index (χ3v) is 5.21. The van der Waals surface area contributed by atoms with Gasteiger partial charge >= 0.3 is 0 Å². The van der Waals surface area contributed by atoms with E-state index in [0.29, 0.717) is 23.6 Å². The molecule has 2 aromatic heterocycles. The normalized spacial score (nSPS) is 16.8. The molecule has 150 valence electrons. The van der Waals surface area contributed by atoms with Crippen LogP contribution in [0, 0.1) is 5.82 Å². The highest BCUT2D eigenvalue weighted by Gasteiger charge is 2.32. The van der Waals surface area contributed by atoms with Crippen LogP contribution in [0.4, 0.5) is 4.39 Å². The van der Waals surface area contributed by atoms with E-state index in [1.54, 1.807) is 36.2 Å². The van der Waals surface area contributed by atoms with Crippen molar-refractivity contribution in [1.29, 1.82) is 0 Å². The second-order valence-corrected chi connectivity index (χ2v) is 7.13. The van der Waals surface area contributed by atoms with Gasteiger partial charge < -0.3 is 10.6 Å². The molecule has 1 aliphatic heterocycles. The molecule has 1 unspecified atom stereocenters. The summed E-state index contributed by atoms with van der Waals surface area (Å²) >= 11 is 0. The Morgan fingerprint density at radius 3 is 2.66 bits per heavy atom. The Bertz CT molecular complexity index is 1060. The molecule has 3 aromatic rings. The second-order valence-electron chi connectivity index (χ2n) is 7.13. The summed E-state index contributed by atoms with van der Waals surface area (Å²) in [5, 5.41) is 11.2. The lowest BCUT2D eigenvalue weighted by atomic mass is 9.98. The monoisotopic (exact) mass is 396 g/mol. The van der Waals surface area contributed by atoms with Gasteiger partial charge in [-0.2, -0.15) is 10.2 Å². The number of H-pyrrole nitrogens is 1. The number of benzene rings is 1. The summed E-state index contributed by atoms with van der Waals surface area (Å²) < 4.78 is 14.7. The van der Waals surface area contributed by atoms with Gasteiger partial charge in [0.05, 0.1) is 17.4 Å². The lowest BCUT2D eigenvalue weighted by molar-refractivity contribution is 0.0594. The fourth-order valence-corrected chi connectivity index (χ4v) is 3.71. The molecule has 1 aromatic carbocycles. The third-order valence-electron chi connectivity index (χ3n) is 5.21. The summed E-state index contributed by atoms with van der Waals surface area (Å²) in [7, 11) is 1.71. The number of aromatic nitrogens is 4. The van der Waals surface area contributed by atoms with Crippen LogP contribution in [0.5, 0.6) is 0 Å². The van der Waals surface area contributed by atoms with Crippen molar-refractivity contribution >= 4 is 11.8 Å². The maximum absolute atomic E-state index is 13.3. The molecule has 3 heterocycles. The third kappa shape index (κ3) is 3.63. The van der Waals surface area contributed by atoms with Gasteiger partial charge in [-0.15, -0.1) is 0 Å². The van der Waals surface area contributed by atoms with Gasteiger partial charge in [-0.3, -0.25) is 19.4 Å². The zero-order chi connectivity index (χ0) is 20.5. The molecule has 1 fully saturated rings. The number of aryl methyl sites for hydroxylation is 1. The van der Waals surface area contributed by atoms with E-state index in [1.165, 1.54) is 16.8 Å². The average Bonchev–Trinajstić information content (AvgIpc) is 3.35. The van der Waals surface area contributed by atoms with Crippen molar-refractivity contribution in [1.82, 2.24) is 24.9 Å². The molecule has 1 aliphatic rings. The van der Waals surface area contributed by atoms with E-state index in [9.17, 15) is 14.0 Å². The molecule has 0 bridgehead atoms. The van der Waals surface area contributed by atoms with Crippen LogP contribution in [0.15, 0.2) is 36.4 Å². The van der Waals surface area contributed by atoms with Gasteiger partial charge in [0.2, 0.25) is 0 Å². The average molecular weight is 396 g/mol. The SMILES string of the molecule is Cn1nc(-c2ccc(F)cc2)cc1C(=O)N1CCCCC1c1cc(C(N)=O)n[nH]1. The summed E-state index contributed by atoms with van der Waals surface area (Å²) in [5.74, 6) is -1.10. The molecule has 4 rings (SSSR count). The molecule has 3 N–H and O–H groups in total. The molecule has 8 nitrogen and oxygen atoms in total. The molecule has 0 aliphatic carbocycles. The van der Waals surface area contributed by atoms with Crippen molar-refractivity contribution in [3.63, 3.8) is 0 Å². The summed E-state index contributed by atoms with van der Waals surface area (Å²) in [4.78, 5) is 26.5. The number of rotatable bonds is 4. The van der Waals surface area contributed by atoms with Gasteiger partial charge in [-0.05, 0) is 55.7 Å². The Labute approximate surface area is 166 Å². The molecular weight excluding hydrogens is 375 g/mol. The van der Waals surface area contributed by atoms with Gasteiger partial charge in [0.15, 0.2) is 0 Å². The number of primary amides is 1. The van der Waals surface area contributed by atoms with Crippen LogP contribution < -0.4 is 5.73 Å². The number of hydrogen-bond acceptors (Lipinski definition) is 4. The van der Waals surface area contributed by atoms with Gasteiger partial charge in [0.1, 0.15) is 17.2 Å². The Hall–Kier alpha value is -3.49. The maximum atomic E-state index is 13.3. The zero-order valence-electron chi connectivity index (χ0n) is 15.9. The van der Waals surface area contributed by atoms with Crippen LogP contribution in [0.2, 0.25) is 0 Å². The number of carbonyl (C=O) groups excluding carboxylic acids is 2. The van der Waals surface area contributed by atoms with Crippen molar-refractivity contribution in [2.24, 2.45) is 12.8 Å². The van der Waals surface area contributed by atoms with Crippen LogP contribution in [0.1, 0.15) is 52.0 Å². The minimum atomic E-state index is -0.614. The summed E-state index contributed by atoms with van der Waals surface area (Å²) in [6.07, 6.45) is 2.61. The molecule has 1 saturated heterocycles. The van der Waals surface area contributed by atoms with Crippen LogP contribution in [-0.4, -0.2) is 43.2 Å². The highest BCUT2D eigenvalue weighted by Crippen LogP contribution is 2.32. The molecular formula is C20H21FN6O2. The van der Waals surface area contributed by atoms with E-state index < -0.39 is 5.91 Å². The van der Waals surface area contributed by atoms with Crippen molar-refractivity contribution in [3.05, 3.63) is 59.3 Å². The van der Waals surface area contributed by atoms with Gasteiger partial charge in [-0.1, -0.05) is 0 Å². The molecule has 0 radical (unpaired) electrons. The molecule has 29 heavy (non-hydrogen) atoms. The van der Waals surface area contributed by atoms with Gasteiger partial charge in [0, 0.05) is 19.2 Å². The number of nitrogens with two attached hydrogens (primary N) is 1. The number of carbonyl (C=O) groups is 2. The second kappa shape index (κ2) is 7.50. The first-order chi connectivity index (χ1) is 13.9. The molecule has 1 atom stereocenters. The number of halogens is 1. The number of likely N-dealkylation sites (tertiary alicyclic amines) is 1. The number of amides is 2. The lowest BCUT2D eigenvalue weighted by Gasteiger charge is -2.35. The van der Waals surface area contributed by atoms with E-state index in [0.717, 1.165) is 24.8 Å². The van der Waals surface area contributed by atoms with Gasteiger partial charge in [-0.25, -0.2) is 4.39 Å². The molecule has 9 heteroatoms. The highest BCUT2D eigenvalue weighted by molar-refractivity contribution is 5.94. The Balaban J connectivity index is 1.63. The summed E-state index contributed by atoms with van der Waals surface area (Å²) in [6.45, 7) is 0.589. The Morgan fingerprint density at radius 1 is 1.21 bits per heavy atom. The van der Waals surface area contributed by atoms with Crippen LogP contribution in [0.25, 0.3) is 11.3 Å². The Morgan fingerprint density at radius 2 is 1.97 bits per heavy atom. The quantitative estimate of drug-likeness (QED) is 0.706. The van der Waals surface area contributed by atoms with Crippen molar-refractivity contribution < 1.29 is 14.0 Å². The molecule has 0 spiro atoms. The summed E-state index contributed by atoms with van der Waals surface area (Å²) in [6, 6.07) is 9.08. The van der Waals surface area contributed by atoms with E-state index in [4.69, 9.17) is 5.73 Å². The zero-order valence-corrected chi connectivity index (χ0v) is 15.9. The largest absolute Gasteiger partial charge is 0.364 e.